The Hall–Kier alpha value is -1.29. The van der Waals surface area contributed by atoms with Crippen LogP contribution >= 0.6 is 0 Å². The number of aromatic carboxylic acids is 1. The highest BCUT2D eigenvalue weighted by atomic mass is 16.4. The van der Waals surface area contributed by atoms with Gasteiger partial charge < -0.3 is 14.8 Å². The third kappa shape index (κ3) is 3.88. The van der Waals surface area contributed by atoms with Crippen molar-refractivity contribution < 1.29 is 14.3 Å². The van der Waals surface area contributed by atoms with E-state index >= 15 is 0 Å². The van der Waals surface area contributed by atoms with E-state index in [4.69, 9.17) is 9.52 Å². The Labute approximate surface area is 108 Å². The molecule has 0 bridgehead atoms. The number of furan rings is 1. The lowest BCUT2D eigenvalue weighted by Crippen LogP contribution is -2.29. The van der Waals surface area contributed by atoms with E-state index in [-0.39, 0.29) is 5.56 Å². The minimum atomic E-state index is -0.940. The van der Waals surface area contributed by atoms with Gasteiger partial charge in [-0.2, -0.15) is 0 Å². The second-order valence-electron chi connectivity index (χ2n) is 5.35. The summed E-state index contributed by atoms with van der Waals surface area (Å²) in [6.07, 6.45) is 1.42. The summed E-state index contributed by atoms with van der Waals surface area (Å²) in [7, 11) is 0. The Bertz CT molecular complexity index is 374. The van der Waals surface area contributed by atoms with Crippen molar-refractivity contribution in [2.45, 2.75) is 34.2 Å². The highest BCUT2D eigenvalue weighted by molar-refractivity contribution is 5.88. The van der Waals surface area contributed by atoms with Crippen molar-refractivity contribution in [2.75, 3.05) is 6.54 Å². The second-order valence-corrected chi connectivity index (χ2v) is 5.35. The van der Waals surface area contributed by atoms with E-state index in [0.717, 1.165) is 6.54 Å². The summed E-state index contributed by atoms with van der Waals surface area (Å²) in [5, 5.41) is 12.2. The quantitative estimate of drug-likeness (QED) is 0.784. The van der Waals surface area contributed by atoms with Crippen LogP contribution in [0.4, 0.5) is 0 Å². The molecular weight excluding hydrogens is 230 g/mol. The summed E-state index contributed by atoms with van der Waals surface area (Å²) in [5.41, 5.74) is 0.244. The van der Waals surface area contributed by atoms with E-state index in [9.17, 15) is 4.79 Å². The van der Waals surface area contributed by atoms with Gasteiger partial charge >= 0.3 is 5.97 Å². The van der Waals surface area contributed by atoms with Gasteiger partial charge in [0, 0.05) is 0 Å². The maximum atomic E-state index is 10.9. The molecule has 0 aliphatic carbocycles. The summed E-state index contributed by atoms with van der Waals surface area (Å²) in [6, 6.07) is 1.49. The molecule has 1 rings (SSSR count). The second kappa shape index (κ2) is 6.59. The Balaban J connectivity index is 2.50. The topological polar surface area (TPSA) is 62.5 Å². The highest BCUT2D eigenvalue weighted by Crippen LogP contribution is 2.19. The number of carboxylic acids is 1. The maximum Gasteiger partial charge on any atom is 0.339 e. The fraction of sp³-hybridized carbons (Fsp3) is 0.643. The first-order chi connectivity index (χ1) is 8.43. The molecule has 0 atom stereocenters. The predicted molar refractivity (Wildman–Crippen MR) is 70.5 cm³/mol. The molecule has 0 aliphatic heterocycles. The van der Waals surface area contributed by atoms with Gasteiger partial charge in [-0.3, -0.25) is 0 Å². The lowest BCUT2D eigenvalue weighted by Gasteiger charge is -2.25. The standard InChI is InChI=1S/C14H23NO3/c1-9(2)12(10(3)4)7-15-8-13-11(14(16)17)5-6-18-13/h5-6,9-10,12,15H,7-8H2,1-4H3,(H,16,17). The van der Waals surface area contributed by atoms with Crippen molar-refractivity contribution in [3.63, 3.8) is 0 Å². The fourth-order valence-corrected chi connectivity index (χ4v) is 2.26. The molecule has 0 radical (unpaired) electrons. The minimum absolute atomic E-state index is 0.244. The molecule has 0 aromatic carbocycles. The van der Waals surface area contributed by atoms with Crippen LogP contribution < -0.4 is 5.32 Å². The number of rotatable bonds is 7. The van der Waals surface area contributed by atoms with Crippen LogP contribution in [0.3, 0.4) is 0 Å². The molecule has 1 aromatic rings. The molecule has 102 valence electrons. The molecular formula is C14H23NO3. The van der Waals surface area contributed by atoms with Gasteiger partial charge in [0.05, 0.1) is 12.8 Å². The van der Waals surface area contributed by atoms with E-state index in [2.05, 4.69) is 33.0 Å². The number of carbonyl (C=O) groups is 1. The average Bonchev–Trinajstić information content (AvgIpc) is 2.71. The SMILES string of the molecule is CC(C)C(CNCc1occc1C(=O)O)C(C)C. The van der Waals surface area contributed by atoms with Crippen LogP contribution in [0.15, 0.2) is 16.7 Å². The molecule has 0 saturated carbocycles. The maximum absolute atomic E-state index is 10.9. The van der Waals surface area contributed by atoms with Crippen LogP contribution in [0.1, 0.15) is 43.8 Å². The van der Waals surface area contributed by atoms with Crippen molar-refractivity contribution in [1.82, 2.24) is 5.32 Å². The van der Waals surface area contributed by atoms with E-state index in [1.807, 2.05) is 0 Å². The first-order valence-electron chi connectivity index (χ1n) is 6.43. The molecule has 0 fully saturated rings. The van der Waals surface area contributed by atoms with E-state index in [0.29, 0.717) is 30.1 Å². The van der Waals surface area contributed by atoms with Gasteiger partial charge in [-0.1, -0.05) is 27.7 Å². The third-order valence-corrected chi connectivity index (χ3v) is 3.35. The van der Waals surface area contributed by atoms with Gasteiger partial charge in [-0.05, 0) is 30.4 Å². The van der Waals surface area contributed by atoms with Crippen molar-refractivity contribution in [3.05, 3.63) is 23.7 Å². The van der Waals surface area contributed by atoms with Crippen molar-refractivity contribution in [2.24, 2.45) is 17.8 Å². The molecule has 0 amide bonds. The molecule has 0 saturated heterocycles. The molecule has 0 unspecified atom stereocenters. The average molecular weight is 253 g/mol. The Morgan fingerprint density at radius 3 is 2.44 bits per heavy atom. The van der Waals surface area contributed by atoms with Crippen LogP contribution in [-0.4, -0.2) is 17.6 Å². The van der Waals surface area contributed by atoms with Crippen LogP contribution in [0.5, 0.6) is 0 Å². The summed E-state index contributed by atoms with van der Waals surface area (Å²) in [4.78, 5) is 10.9. The summed E-state index contributed by atoms with van der Waals surface area (Å²) >= 11 is 0. The number of hydrogen-bond donors (Lipinski definition) is 2. The van der Waals surface area contributed by atoms with Gasteiger partial charge in [0.2, 0.25) is 0 Å². The summed E-state index contributed by atoms with van der Waals surface area (Å²) < 4.78 is 5.19. The Morgan fingerprint density at radius 1 is 1.33 bits per heavy atom. The van der Waals surface area contributed by atoms with E-state index in [1.54, 1.807) is 0 Å². The predicted octanol–water partition coefficient (Wildman–Crippen LogP) is 3.00. The molecule has 4 nitrogen and oxygen atoms in total. The van der Waals surface area contributed by atoms with Crippen molar-refractivity contribution in [1.29, 1.82) is 0 Å². The summed E-state index contributed by atoms with van der Waals surface area (Å²) in [6.45, 7) is 10.2. The van der Waals surface area contributed by atoms with Gasteiger partial charge in [0.15, 0.2) is 0 Å². The van der Waals surface area contributed by atoms with Crippen LogP contribution in [0, 0.1) is 17.8 Å². The number of carboxylic acid groups (broad SMARTS) is 1. The first kappa shape index (κ1) is 14.8. The zero-order valence-electron chi connectivity index (χ0n) is 11.6. The zero-order chi connectivity index (χ0) is 13.7. The zero-order valence-corrected chi connectivity index (χ0v) is 11.6. The molecule has 0 aliphatic rings. The van der Waals surface area contributed by atoms with Gasteiger partial charge in [0.25, 0.3) is 0 Å². The van der Waals surface area contributed by atoms with Crippen molar-refractivity contribution >= 4 is 5.97 Å². The third-order valence-electron chi connectivity index (χ3n) is 3.35. The molecule has 2 N–H and O–H groups in total. The Morgan fingerprint density at radius 2 is 1.94 bits per heavy atom. The van der Waals surface area contributed by atoms with Gasteiger partial charge in [0.1, 0.15) is 11.3 Å². The van der Waals surface area contributed by atoms with Gasteiger partial charge in [-0.15, -0.1) is 0 Å². The lowest BCUT2D eigenvalue weighted by atomic mass is 9.85. The lowest BCUT2D eigenvalue weighted by molar-refractivity contribution is 0.0694. The normalized spacial score (nSPS) is 11.7. The molecule has 1 aromatic heterocycles. The molecule has 4 heteroatoms. The van der Waals surface area contributed by atoms with Gasteiger partial charge in [-0.25, -0.2) is 4.79 Å². The first-order valence-corrected chi connectivity index (χ1v) is 6.43. The number of hydrogen-bond acceptors (Lipinski definition) is 3. The fourth-order valence-electron chi connectivity index (χ4n) is 2.26. The van der Waals surface area contributed by atoms with Crippen LogP contribution in [-0.2, 0) is 6.54 Å². The molecule has 0 spiro atoms. The van der Waals surface area contributed by atoms with E-state index < -0.39 is 5.97 Å². The Kier molecular flexibility index (Phi) is 5.41. The monoisotopic (exact) mass is 253 g/mol. The molecule has 1 heterocycles. The highest BCUT2D eigenvalue weighted by Gasteiger charge is 2.18. The van der Waals surface area contributed by atoms with Crippen LogP contribution in [0.25, 0.3) is 0 Å². The van der Waals surface area contributed by atoms with Crippen molar-refractivity contribution in [3.8, 4) is 0 Å². The molecule has 18 heavy (non-hydrogen) atoms. The van der Waals surface area contributed by atoms with E-state index in [1.165, 1.54) is 12.3 Å². The minimum Gasteiger partial charge on any atom is -0.478 e. The smallest absolute Gasteiger partial charge is 0.339 e. The summed E-state index contributed by atoms with van der Waals surface area (Å²) in [5.74, 6) is 1.34. The largest absolute Gasteiger partial charge is 0.478 e. The van der Waals surface area contributed by atoms with Crippen LogP contribution in [0.2, 0.25) is 0 Å². The number of nitrogens with one attached hydrogen (secondary N) is 1.